The van der Waals surface area contributed by atoms with E-state index >= 15 is 0 Å². The molecule has 0 amide bonds. The number of benzene rings is 11. The minimum absolute atomic E-state index is 0.393. The number of rotatable bonds is 8. The molecular formula is C73H42N8. The van der Waals surface area contributed by atoms with Crippen LogP contribution in [0.5, 0.6) is 0 Å². The van der Waals surface area contributed by atoms with Gasteiger partial charge in [0.25, 0.3) is 0 Å². The summed E-state index contributed by atoms with van der Waals surface area (Å²) < 4.78 is 7.13. The minimum Gasteiger partial charge on any atom is -0.309 e. The summed E-state index contributed by atoms with van der Waals surface area (Å²) in [6.07, 6.45) is 0. The molecule has 8 nitrogen and oxygen atoms in total. The Bertz CT molecular complexity index is 4860. The maximum atomic E-state index is 10.7. The molecular weight excluding hydrogens is 989 g/mol. The van der Waals surface area contributed by atoms with Crippen molar-refractivity contribution < 1.29 is 0 Å². The smallest absolute Gasteiger partial charge is 0.161 e. The lowest BCUT2D eigenvalue weighted by Crippen LogP contribution is -1.98. The molecule has 0 fully saturated rings. The highest BCUT2D eigenvalue weighted by Crippen LogP contribution is 2.41. The lowest BCUT2D eigenvalue weighted by molar-refractivity contribution is 1.16. The Balaban J connectivity index is 0.804. The third-order valence-corrected chi connectivity index (χ3v) is 15.8. The summed E-state index contributed by atoms with van der Waals surface area (Å²) in [5.41, 5.74) is 18.5. The molecule has 0 atom stereocenters. The minimum atomic E-state index is 0.393. The molecule has 374 valence electrons. The van der Waals surface area contributed by atoms with Crippen LogP contribution in [0, 0.1) is 34.0 Å². The van der Waals surface area contributed by atoms with E-state index in [4.69, 9.17) is 9.97 Å². The summed E-state index contributed by atoms with van der Waals surface area (Å²) in [4.78, 5) is 9.84. The monoisotopic (exact) mass is 1030 g/mol. The molecule has 11 aromatic carbocycles. The van der Waals surface area contributed by atoms with Gasteiger partial charge in [0.2, 0.25) is 0 Å². The Hall–Kier alpha value is -11.6. The number of hydrogen-bond acceptors (Lipinski definition) is 5. The zero-order valence-electron chi connectivity index (χ0n) is 43.3. The van der Waals surface area contributed by atoms with Crippen molar-refractivity contribution in [3.63, 3.8) is 0 Å². The molecule has 15 rings (SSSR count). The number of nitrogens with zero attached hydrogens (tertiary/aromatic N) is 8. The van der Waals surface area contributed by atoms with E-state index in [9.17, 15) is 15.8 Å². The first-order valence-electron chi connectivity index (χ1n) is 26.7. The SMILES string of the molecule is N#Cc1cc(-c2ccc(-c3cc(-c4ccccc4C#N)nc(-c4ccccc4C#N)n3)cc2)ccc1-c1ccc(-n2c3ccc(-n4c5ccccc5c5ccccc54)cc3c3cc(-n4c5ccccc5c5ccccc54)ccc32)cc1. The highest BCUT2D eigenvalue weighted by molar-refractivity contribution is 6.14. The Labute approximate surface area is 465 Å². The zero-order valence-corrected chi connectivity index (χ0v) is 43.3. The van der Waals surface area contributed by atoms with Crippen molar-refractivity contribution in [3.8, 4) is 91.4 Å². The van der Waals surface area contributed by atoms with Crippen molar-refractivity contribution >= 4 is 65.4 Å². The van der Waals surface area contributed by atoms with E-state index in [1.54, 1.807) is 12.1 Å². The molecule has 8 heteroatoms. The molecule has 0 bridgehead atoms. The van der Waals surface area contributed by atoms with E-state index in [1.807, 2.05) is 78.9 Å². The highest BCUT2D eigenvalue weighted by atomic mass is 15.0. The number of hydrogen-bond donors (Lipinski definition) is 0. The first-order valence-corrected chi connectivity index (χ1v) is 26.7. The van der Waals surface area contributed by atoms with E-state index in [0.717, 1.165) is 88.8 Å². The van der Waals surface area contributed by atoms with Crippen molar-refractivity contribution in [1.82, 2.24) is 23.7 Å². The van der Waals surface area contributed by atoms with Crippen LogP contribution in [0.4, 0.5) is 0 Å². The Morgan fingerprint density at radius 2 is 0.654 bits per heavy atom. The van der Waals surface area contributed by atoms with Crippen LogP contribution in [0.1, 0.15) is 16.7 Å². The van der Waals surface area contributed by atoms with Gasteiger partial charge in [-0.05, 0) is 125 Å². The van der Waals surface area contributed by atoms with Gasteiger partial charge in [-0.1, -0.05) is 152 Å². The van der Waals surface area contributed by atoms with E-state index in [1.165, 1.54) is 21.5 Å². The average Bonchev–Trinajstić information content (AvgIpc) is 4.23. The Kier molecular flexibility index (Phi) is 10.8. The molecule has 0 saturated carbocycles. The molecule has 0 aliphatic carbocycles. The van der Waals surface area contributed by atoms with Crippen LogP contribution in [-0.4, -0.2) is 23.7 Å². The van der Waals surface area contributed by atoms with Crippen molar-refractivity contribution in [2.24, 2.45) is 0 Å². The predicted octanol–water partition coefficient (Wildman–Crippen LogP) is 17.7. The second-order valence-electron chi connectivity index (χ2n) is 20.3. The van der Waals surface area contributed by atoms with Crippen molar-refractivity contribution in [3.05, 3.63) is 271 Å². The molecule has 0 spiro atoms. The van der Waals surface area contributed by atoms with Crippen LogP contribution in [0.3, 0.4) is 0 Å². The molecule has 0 radical (unpaired) electrons. The van der Waals surface area contributed by atoms with E-state index in [0.29, 0.717) is 45.0 Å². The average molecular weight is 1030 g/mol. The molecule has 81 heavy (non-hydrogen) atoms. The molecule has 4 aromatic heterocycles. The second-order valence-corrected chi connectivity index (χ2v) is 20.3. The van der Waals surface area contributed by atoms with Gasteiger partial charge in [0.15, 0.2) is 5.82 Å². The maximum Gasteiger partial charge on any atom is 0.161 e. The Morgan fingerprint density at radius 1 is 0.259 bits per heavy atom. The van der Waals surface area contributed by atoms with Crippen LogP contribution in [0.25, 0.3) is 139 Å². The van der Waals surface area contributed by atoms with Gasteiger partial charge in [-0.3, -0.25) is 0 Å². The van der Waals surface area contributed by atoms with Gasteiger partial charge in [-0.2, -0.15) is 15.8 Å². The number of aromatic nitrogens is 5. The van der Waals surface area contributed by atoms with E-state index < -0.39 is 0 Å². The van der Waals surface area contributed by atoms with E-state index in [-0.39, 0.29) is 0 Å². The largest absolute Gasteiger partial charge is 0.309 e. The normalized spacial score (nSPS) is 11.4. The van der Waals surface area contributed by atoms with Crippen LogP contribution in [-0.2, 0) is 0 Å². The van der Waals surface area contributed by atoms with Gasteiger partial charge in [-0.15, -0.1) is 0 Å². The summed E-state index contributed by atoms with van der Waals surface area (Å²) in [5, 5.41) is 37.8. The molecule has 4 heterocycles. The quantitative estimate of drug-likeness (QED) is 0.150. The zero-order chi connectivity index (χ0) is 54.1. The number of fused-ring (bicyclic) bond motifs is 9. The summed E-state index contributed by atoms with van der Waals surface area (Å²) >= 11 is 0. The number of para-hydroxylation sites is 4. The highest BCUT2D eigenvalue weighted by Gasteiger charge is 2.21. The van der Waals surface area contributed by atoms with Crippen LogP contribution < -0.4 is 0 Å². The standard InChI is InChI=1S/C73H42N8/c74-43-50-13-1-3-15-57(50)66-42-65(77-73(78-66)58-16-4-2-14-51(58)44-75)48-27-25-46(26-28-48)49-31-36-56(52(39-49)45-76)47-29-32-53(33-30-47)79-71-37-34-54(80-67-21-9-5-17-59(67)60-18-6-10-22-68(60)80)40-63(71)64-41-55(35-38-72(64)79)81-69-23-11-7-19-61(69)62-20-8-12-24-70(62)81/h1-42H. The maximum absolute atomic E-state index is 10.7. The Morgan fingerprint density at radius 3 is 1.19 bits per heavy atom. The summed E-state index contributed by atoms with van der Waals surface area (Å²) in [7, 11) is 0. The lowest BCUT2D eigenvalue weighted by atomic mass is 9.94. The summed E-state index contributed by atoms with van der Waals surface area (Å²) in [6.45, 7) is 0. The topological polar surface area (TPSA) is 112 Å². The molecule has 15 aromatic rings. The first-order chi connectivity index (χ1) is 40.0. The third-order valence-electron chi connectivity index (χ3n) is 15.8. The first kappa shape index (κ1) is 46.7. The van der Waals surface area contributed by atoms with Gasteiger partial charge in [0, 0.05) is 66.1 Å². The lowest BCUT2D eigenvalue weighted by Gasteiger charge is -2.13. The van der Waals surface area contributed by atoms with Gasteiger partial charge in [0.1, 0.15) is 0 Å². The molecule has 0 aliphatic rings. The molecule has 0 unspecified atom stereocenters. The molecule has 0 N–H and O–H groups in total. The van der Waals surface area contributed by atoms with Crippen molar-refractivity contribution in [1.29, 1.82) is 15.8 Å². The fourth-order valence-electron chi connectivity index (χ4n) is 12.1. The fraction of sp³-hybridized carbons (Fsp3) is 0. The summed E-state index contributed by atoms with van der Waals surface area (Å²) in [5.74, 6) is 0.393. The van der Waals surface area contributed by atoms with Crippen LogP contribution in [0.15, 0.2) is 255 Å². The third kappa shape index (κ3) is 7.58. The second kappa shape index (κ2) is 18.8. The number of nitriles is 3. The van der Waals surface area contributed by atoms with E-state index in [2.05, 4.69) is 196 Å². The predicted molar refractivity (Wildman–Crippen MR) is 326 cm³/mol. The molecule has 0 saturated heterocycles. The van der Waals surface area contributed by atoms with Gasteiger partial charge >= 0.3 is 0 Å². The fourth-order valence-corrected chi connectivity index (χ4v) is 12.1. The van der Waals surface area contributed by atoms with Gasteiger partial charge in [-0.25, -0.2) is 9.97 Å². The van der Waals surface area contributed by atoms with Crippen LogP contribution >= 0.6 is 0 Å². The summed E-state index contributed by atoms with van der Waals surface area (Å²) in [6, 6.07) is 94.5. The van der Waals surface area contributed by atoms with Crippen LogP contribution in [0.2, 0.25) is 0 Å². The van der Waals surface area contributed by atoms with Crippen molar-refractivity contribution in [2.45, 2.75) is 0 Å². The van der Waals surface area contributed by atoms with Crippen molar-refractivity contribution in [2.75, 3.05) is 0 Å². The molecule has 0 aliphatic heterocycles. The van der Waals surface area contributed by atoms with Gasteiger partial charge < -0.3 is 13.7 Å². The van der Waals surface area contributed by atoms with Gasteiger partial charge in [0.05, 0.1) is 79.4 Å².